The predicted octanol–water partition coefficient (Wildman–Crippen LogP) is 8.28. The van der Waals surface area contributed by atoms with Crippen LogP contribution in [0.3, 0.4) is 0 Å². The number of nitrogens with one attached hydrogen (secondary N) is 3. The molecule has 440 valence electrons. The number of carbonyl (C=O) groups is 6. The third-order valence-electron chi connectivity index (χ3n) is 18.8. The molecule has 6 amide bonds. The molecule has 3 saturated heterocycles. The fraction of sp³-hybridized carbons (Fsp3) is 0.375. The predicted molar refractivity (Wildman–Crippen MR) is 311 cm³/mol. The van der Waals surface area contributed by atoms with Crippen LogP contribution in [-0.4, -0.2) is 139 Å². The number of carbonyl (C=O) groups excluding carboxylic acids is 6. The number of furan rings is 3. The van der Waals surface area contributed by atoms with Crippen molar-refractivity contribution in [1.82, 2.24) is 60.6 Å². The highest BCUT2D eigenvalue weighted by Crippen LogP contribution is 2.61. The molecule has 12 heterocycles. The maximum Gasteiger partial charge on any atom is 0.287 e. The third-order valence-corrected chi connectivity index (χ3v) is 18.8. The summed E-state index contributed by atoms with van der Waals surface area (Å²) in [6, 6.07) is 19.6. The average molecular weight is 1160 g/mol. The molecule has 3 N–H and O–H groups in total. The molecule has 86 heavy (non-hydrogen) atoms. The molecule has 6 fully saturated rings. The van der Waals surface area contributed by atoms with E-state index in [1.807, 2.05) is 45.0 Å². The number of likely N-dealkylation sites (tertiary alicyclic amines) is 3. The second kappa shape index (κ2) is 23.5. The van der Waals surface area contributed by atoms with Crippen LogP contribution in [0.15, 0.2) is 153 Å². The normalized spacial score (nSPS) is 20.1. The molecular formula is C64H64N12O10. The molecule has 3 spiro atoms. The summed E-state index contributed by atoms with van der Waals surface area (Å²) < 4.78 is 21.6. The molecule has 9 aromatic heterocycles. The minimum atomic E-state index is -0.197. The SMILES string of the molecule is O=C(NCC1CC12CCN(C(=O)c1ccccn1)CC2)c1cc2ccncc2o1.O=C(NCC1CC12CCN(C(=O)c1ccncc1)CC2)c1cc2ccncc2o1.O=C(NCC1CC12CCN(C(=O)c1cocn1)CC2)c1cc2ccncc2o1. The van der Waals surface area contributed by atoms with E-state index in [2.05, 4.69) is 45.9 Å². The highest BCUT2D eigenvalue weighted by Gasteiger charge is 2.57. The van der Waals surface area contributed by atoms with Crippen LogP contribution >= 0.6 is 0 Å². The maximum atomic E-state index is 12.6. The summed E-state index contributed by atoms with van der Waals surface area (Å²) in [6.45, 7) is 6.37. The van der Waals surface area contributed by atoms with Gasteiger partial charge in [0.05, 0.1) is 18.6 Å². The van der Waals surface area contributed by atoms with E-state index in [9.17, 15) is 28.8 Å². The Morgan fingerprint density at radius 1 is 0.453 bits per heavy atom. The number of nitrogens with zero attached hydrogens (tertiary/aromatic N) is 9. The Morgan fingerprint density at radius 2 is 0.849 bits per heavy atom. The van der Waals surface area contributed by atoms with Gasteiger partial charge in [0, 0.05) is 118 Å². The molecule has 15 rings (SSSR count). The molecule has 22 nitrogen and oxygen atoms in total. The smallest absolute Gasteiger partial charge is 0.287 e. The van der Waals surface area contributed by atoms with E-state index in [0.717, 1.165) is 100 Å². The highest BCUT2D eigenvalue weighted by molar-refractivity contribution is 5.98. The number of hydrogen-bond donors (Lipinski definition) is 3. The fourth-order valence-corrected chi connectivity index (χ4v) is 13.2. The van der Waals surface area contributed by atoms with Gasteiger partial charge >= 0.3 is 0 Å². The van der Waals surface area contributed by atoms with Gasteiger partial charge in [-0.15, -0.1) is 0 Å². The van der Waals surface area contributed by atoms with Crippen LogP contribution in [0.1, 0.15) is 121 Å². The summed E-state index contributed by atoms with van der Waals surface area (Å²) in [5.41, 5.74) is 4.16. The van der Waals surface area contributed by atoms with Crippen molar-refractivity contribution in [3.63, 3.8) is 0 Å². The molecule has 0 bridgehead atoms. The highest BCUT2D eigenvalue weighted by atomic mass is 16.4. The van der Waals surface area contributed by atoms with Crippen LogP contribution in [0.2, 0.25) is 0 Å². The zero-order valence-electron chi connectivity index (χ0n) is 47.3. The van der Waals surface area contributed by atoms with Crippen molar-refractivity contribution in [3.8, 4) is 0 Å². The van der Waals surface area contributed by atoms with Crippen molar-refractivity contribution in [2.24, 2.45) is 34.0 Å². The van der Waals surface area contributed by atoms with Gasteiger partial charge in [0.15, 0.2) is 46.1 Å². The molecule has 3 saturated carbocycles. The first-order valence-corrected chi connectivity index (χ1v) is 29.4. The first-order chi connectivity index (χ1) is 41.9. The van der Waals surface area contributed by atoms with Crippen molar-refractivity contribution in [2.75, 3.05) is 58.9 Å². The van der Waals surface area contributed by atoms with Gasteiger partial charge in [0.2, 0.25) is 0 Å². The van der Waals surface area contributed by atoms with Crippen LogP contribution in [0.5, 0.6) is 0 Å². The van der Waals surface area contributed by atoms with Gasteiger partial charge in [0.25, 0.3) is 35.4 Å². The van der Waals surface area contributed by atoms with E-state index in [4.69, 9.17) is 17.7 Å². The van der Waals surface area contributed by atoms with E-state index in [1.54, 1.807) is 92.2 Å². The Kier molecular flexibility index (Phi) is 15.2. The first-order valence-electron chi connectivity index (χ1n) is 29.4. The molecule has 9 aromatic rings. The maximum absolute atomic E-state index is 12.6. The van der Waals surface area contributed by atoms with Gasteiger partial charge in [-0.1, -0.05) is 6.07 Å². The number of hydrogen-bond acceptors (Lipinski definition) is 16. The van der Waals surface area contributed by atoms with E-state index in [1.165, 1.54) is 12.7 Å². The second-order valence-corrected chi connectivity index (χ2v) is 23.7. The van der Waals surface area contributed by atoms with Gasteiger partial charge in [-0.2, -0.15) is 0 Å². The summed E-state index contributed by atoms with van der Waals surface area (Å²) >= 11 is 0. The molecule has 0 radical (unpaired) electrons. The Labute approximate surface area is 493 Å². The summed E-state index contributed by atoms with van der Waals surface area (Å²) in [5, 5.41) is 11.6. The van der Waals surface area contributed by atoms with Gasteiger partial charge in [0.1, 0.15) is 12.0 Å². The zero-order valence-corrected chi connectivity index (χ0v) is 47.3. The molecule has 3 aliphatic carbocycles. The van der Waals surface area contributed by atoms with Crippen molar-refractivity contribution >= 4 is 68.4 Å². The standard InChI is InChI=1S/2C22H22N4O3.C20H20N4O4/c27-20(18-11-16-3-8-24-14-19(16)29-18)25-13-17-12-22(17)4-9-26(10-5-22)21(28)15-1-6-23-7-2-15;27-20(18-11-15-4-8-23-14-19(15)29-18)25-13-16-12-22(16)5-9-26(10-6-22)21(28)17-3-1-2-7-24-17;25-18(16-7-13-1-4-21-10-17(13)28-16)22-9-14-8-20(14)2-5-24(6-3-20)19(26)15-11-27-12-23-15/h1-3,6-8,11,14,17H,4-5,9-10,12-13H2,(H,25,27);1-4,7-8,11,14,16H,5-6,9-10,12-13H2,(H,25,27);1,4,7,10-12,14H,2-3,5-6,8-9H2,(H,22,25). The molecule has 3 unspecified atom stereocenters. The summed E-state index contributed by atoms with van der Waals surface area (Å²) in [5.74, 6) is 1.76. The van der Waals surface area contributed by atoms with Gasteiger partial charge in [-0.3, -0.25) is 53.7 Å². The molecule has 6 aliphatic rings. The number of aromatic nitrogens is 6. The quantitative estimate of drug-likeness (QED) is 0.104. The zero-order chi connectivity index (χ0) is 58.8. The minimum Gasteiger partial charge on any atom is -0.451 e. The van der Waals surface area contributed by atoms with E-state index in [0.29, 0.717) is 101 Å². The van der Waals surface area contributed by atoms with Gasteiger partial charge in [-0.05, 0) is 152 Å². The molecule has 3 aliphatic heterocycles. The van der Waals surface area contributed by atoms with E-state index >= 15 is 0 Å². The number of piperidine rings is 3. The lowest BCUT2D eigenvalue weighted by Gasteiger charge is -2.33. The second-order valence-electron chi connectivity index (χ2n) is 23.7. The van der Waals surface area contributed by atoms with Crippen LogP contribution < -0.4 is 16.0 Å². The molecule has 0 aromatic carbocycles. The van der Waals surface area contributed by atoms with E-state index in [-0.39, 0.29) is 51.7 Å². The van der Waals surface area contributed by atoms with E-state index < -0.39 is 0 Å². The number of oxazole rings is 1. The van der Waals surface area contributed by atoms with Crippen LogP contribution in [0.4, 0.5) is 0 Å². The number of amides is 6. The number of rotatable bonds is 12. The van der Waals surface area contributed by atoms with Crippen molar-refractivity contribution in [2.45, 2.75) is 57.8 Å². The Hall–Kier alpha value is -9.60. The third kappa shape index (κ3) is 11.8. The largest absolute Gasteiger partial charge is 0.451 e. The van der Waals surface area contributed by atoms with Crippen LogP contribution in [0, 0.1) is 34.0 Å². The van der Waals surface area contributed by atoms with Gasteiger partial charge in [-0.25, -0.2) is 4.98 Å². The first kappa shape index (κ1) is 55.6. The number of fused-ring (bicyclic) bond motifs is 3. The fourth-order valence-electron chi connectivity index (χ4n) is 13.2. The summed E-state index contributed by atoms with van der Waals surface area (Å²) in [6.07, 6.45) is 26.6. The minimum absolute atomic E-state index is 0.00493. The van der Waals surface area contributed by atoms with Crippen molar-refractivity contribution in [1.29, 1.82) is 0 Å². The lowest BCUT2D eigenvalue weighted by atomic mass is 9.90. The summed E-state index contributed by atoms with van der Waals surface area (Å²) in [7, 11) is 0. The van der Waals surface area contributed by atoms with Gasteiger partial charge < -0.3 is 48.3 Å². The lowest BCUT2D eigenvalue weighted by molar-refractivity contribution is 0.0654. The topological polar surface area (TPSA) is 278 Å². The van der Waals surface area contributed by atoms with Crippen molar-refractivity contribution in [3.05, 3.63) is 169 Å². The van der Waals surface area contributed by atoms with Crippen molar-refractivity contribution < 1.29 is 46.4 Å². The summed E-state index contributed by atoms with van der Waals surface area (Å²) in [4.78, 5) is 104. The Balaban J connectivity index is 0.000000120. The molecular weight excluding hydrogens is 1100 g/mol. The Morgan fingerprint density at radius 3 is 1.22 bits per heavy atom. The molecule has 3 atom stereocenters. The average Bonchev–Trinajstić information content (AvgIpc) is 1.75. The van der Waals surface area contributed by atoms with Crippen LogP contribution in [0.25, 0.3) is 32.9 Å². The van der Waals surface area contributed by atoms with Crippen LogP contribution in [-0.2, 0) is 0 Å². The Bertz CT molecular complexity index is 3660. The number of pyridine rings is 5. The monoisotopic (exact) mass is 1160 g/mol. The molecule has 22 heteroatoms. The lowest BCUT2D eigenvalue weighted by Crippen LogP contribution is -2.40.